The molecular formula is C28H31ClN4O. The quantitative estimate of drug-likeness (QED) is 0.311. The molecule has 1 saturated heterocycles. The Hall–Kier alpha value is -3.15. The summed E-state index contributed by atoms with van der Waals surface area (Å²) in [6.07, 6.45) is 2.08. The van der Waals surface area contributed by atoms with E-state index in [-0.39, 0.29) is 17.8 Å². The molecule has 1 heterocycles. The van der Waals surface area contributed by atoms with Gasteiger partial charge in [0.15, 0.2) is 0 Å². The number of anilines is 2. The van der Waals surface area contributed by atoms with Crippen LogP contribution in [0.3, 0.4) is 0 Å². The summed E-state index contributed by atoms with van der Waals surface area (Å²) in [6.45, 7) is 4.60. The monoisotopic (exact) mass is 474 g/mol. The molecule has 5 nitrogen and oxygen atoms in total. The van der Waals surface area contributed by atoms with Gasteiger partial charge in [0.1, 0.15) is 5.84 Å². The Labute approximate surface area is 206 Å². The second-order valence-corrected chi connectivity index (χ2v) is 9.07. The lowest BCUT2D eigenvalue weighted by Crippen LogP contribution is -2.49. The van der Waals surface area contributed by atoms with Gasteiger partial charge in [0.2, 0.25) is 5.91 Å². The van der Waals surface area contributed by atoms with Crippen molar-refractivity contribution in [1.82, 2.24) is 9.80 Å². The Morgan fingerprint density at radius 1 is 1.00 bits per heavy atom. The molecule has 176 valence electrons. The molecule has 0 radical (unpaired) electrons. The zero-order valence-electron chi connectivity index (χ0n) is 19.5. The van der Waals surface area contributed by atoms with Crippen LogP contribution in [-0.4, -0.2) is 40.7 Å². The van der Waals surface area contributed by atoms with Crippen molar-refractivity contribution in [3.8, 4) is 0 Å². The molecule has 6 heteroatoms. The second-order valence-electron chi connectivity index (χ2n) is 8.64. The number of nitrogens with zero attached hydrogens (tertiary/aromatic N) is 2. The molecule has 1 amide bonds. The molecule has 0 unspecified atom stereocenters. The molecule has 2 N–H and O–H groups in total. The van der Waals surface area contributed by atoms with Crippen LogP contribution >= 0.6 is 11.6 Å². The van der Waals surface area contributed by atoms with Crippen LogP contribution in [-0.2, 0) is 11.3 Å². The van der Waals surface area contributed by atoms with E-state index in [0.717, 1.165) is 43.9 Å². The van der Waals surface area contributed by atoms with E-state index >= 15 is 0 Å². The third-order valence-corrected chi connectivity index (χ3v) is 6.54. The molecule has 34 heavy (non-hydrogen) atoms. The number of halogens is 1. The summed E-state index contributed by atoms with van der Waals surface area (Å²) in [6, 6.07) is 25.7. The van der Waals surface area contributed by atoms with Gasteiger partial charge in [-0.15, -0.1) is 0 Å². The minimum absolute atomic E-state index is 0.00666. The van der Waals surface area contributed by atoms with E-state index in [1.54, 1.807) is 4.90 Å². The summed E-state index contributed by atoms with van der Waals surface area (Å²) in [5, 5.41) is 13.1. The number of para-hydroxylation sites is 1. The van der Waals surface area contributed by atoms with Crippen molar-refractivity contribution in [2.24, 2.45) is 0 Å². The first-order chi connectivity index (χ1) is 16.5. The minimum Gasteiger partial charge on any atom is -0.355 e. The minimum atomic E-state index is -0.00666. The number of hydrogen-bond donors (Lipinski definition) is 2. The highest BCUT2D eigenvalue weighted by atomic mass is 35.5. The molecule has 0 atom stereocenters. The molecule has 1 aliphatic rings. The predicted octanol–water partition coefficient (Wildman–Crippen LogP) is 6.31. The highest BCUT2D eigenvalue weighted by Crippen LogP contribution is 2.27. The molecule has 0 aromatic heterocycles. The maximum atomic E-state index is 13.0. The van der Waals surface area contributed by atoms with Crippen LogP contribution in [0.2, 0.25) is 5.02 Å². The summed E-state index contributed by atoms with van der Waals surface area (Å²) < 4.78 is 0. The second kappa shape index (κ2) is 11.3. The van der Waals surface area contributed by atoms with Crippen LogP contribution < -0.4 is 5.32 Å². The zero-order valence-corrected chi connectivity index (χ0v) is 20.3. The lowest BCUT2D eigenvalue weighted by atomic mass is 10.00. The molecule has 3 aromatic carbocycles. The van der Waals surface area contributed by atoms with Crippen molar-refractivity contribution in [2.45, 2.75) is 38.8 Å². The first-order valence-electron chi connectivity index (χ1n) is 11.8. The van der Waals surface area contributed by atoms with E-state index in [1.165, 1.54) is 5.56 Å². The highest BCUT2D eigenvalue weighted by molar-refractivity contribution is 6.30. The zero-order chi connectivity index (χ0) is 23.9. The van der Waals surface area contributed by atoms with Gasteiger partial charge in [-0.3, -0.25) is 20.0 Å². The third kappa shape index (κ3) is 5.85. The van der Waals surface area contributed by atoms with Crippen LogP contribution in [0.25, 0.3) is 0 Å². The standard InChI is InChI=1S/C28H31ClN4O/c1-2-27(34)33(24-16-18-32(19-17-24)20-21-8-4-3-5-9-21)28(30)25-10-6-7-11-26(25)31-23-14-12-22(29)13-15-23/h3-15,24,30-31H,2,16-20H2,1H3. The average Bonchev–Trinajstić information content (AvgIpc) is 2.87. The van der Waals surface area contributed by atoms with Crippen LogP contribution in [0, 0.1) is 5.41 Å². The van der Waals surface area contributed by atoms with E-state index in [4.69, 9.17) is 17.0 Å². The van der Waals surface area contributed by atoms with E-state index in [9.17, 15) is 4.79 Å². The van der Waals surface area contributed by atoms with Crippen LogP contribution in [0.4, 0.5) is 11.4 Å². The molecule has 4 rings (SSSR count). The van der Waals surface area contributed by atoms with Crippen molar-refractivity contribution >= 4 is 34.7 Å². The number of hydrogen-bond acceptors (Lipinski definition) is 4. The van der Waals surface area contributed by atoms with Crippen molar-refractivity contribution in [1.29, 1.82) is 5.41 Å². The number of piperidine rings is 1. The maximum absolute atomic E-state index is 13.0. The Bertz CT molecular complexity index is 1110. The van der Waals surface area contributed by atoms with Crippen molar-refractivity contribution < 1.29 is 4.79 Å². The number of benzene rings is 3. The topological polar surface area (TPSA) is 59.4 Å². The lowest BCUT2D eigenvalue weighted by Gasteiger charge is -2.39. The number of amides is 1. The van der Waals surface area contributed by atoms with Crippen molar-refractivity contribution in [3.05, 3.63) is 95.0 Å². The smallest absolute Gasteiger partial charge is 0.228 e. The normalized spacial score (nSPS) is 14.5. The summed E-state index contributed by atoms with van der Waals surface area (Å²) in [5.74, 6) is 0.248. The van der Waals surface area contributed by atoms with Crippen LogP contribution in [0.5, 0.6) is 0 Å². The van der Waals surface area contributed by atoms with Gasteiger partial charge < -0.3 is 5.32 Å². The van der Waals surface area contributed by atoms with Gasteiger partial charge in [-0.1, -0.05) is 61.0 Å². The van der Waals surface area contributed by atoms with Gasteiger partial charge in [-0.2, -0.15) is 0 Å². The molecule has 1 aliphatic heterocycles. The van der Waals surface area contributed by atoms with E-state index in [0.29, 0.717) is 17.0 Å². The maximum Gasteiger partial charge on any atom is 0.228 e. The molecule has 3 aromatic rings. The average molecular weight is 475 g/mol. The predicted molar refractivity (Wildman–Crippen MR) is 140 cm³/mol. The highest BCUT2D eigenvalue weighted by Gasteiger charge is 2.31. The summed E-state index contributed by atoms with van der Waals surface area (Å²) >= 11 is 6.02. The fourth-order valence-electron chi connectivity index (χ4n) is 4.48. The lowest BCUT2D eigenvalue weighted by molar-refractivity contribution is -0.129. The van der Waals surface area contributed by atoms with Crippen LogP contribution in [0.15, 0.2) is 78.9 Å². The molecule has 0 aliphatic carbocycles. The van der Waals surface area contributed by atoms with E-state index in [1.807, 2.05) is 61.5 Å². The first-order valence-corrected chi connectivity index (χ1v) is 12.2. The largest absolute Gasteiger partial charge is 0.355 e. The number of amidine groups is 1. The van der Waals surface area contributed by atoms with E-state index < -0.39 is 0 Å². The molecule has 0 spiro atoms. The summed E-state index contributed by atoms with van der Waals surface area (Å²) in [4.78, 5) is 17.2. The Kier molecular flexibility index (Phi) is 7.99. The molecule has 1 fully saturated rings. The summed E-state index contributed by atoms with van der Waals surface area (Å²) in [5.41, 5.74) is 3.70. The number of carbonyl (C=O) groups is 1. The fraction of sp³-hybridized carbons (Fsp3) is 0.286. The molecule has 0 saturated carbocycles. The summed E-state index contributed by atoms with van der Waals surface area (Å²) in [7, 11) is 0. The van der Waals surface area contributed by atoms with Gasteiger partial charge in [-0.05, 0) is 54.8 Å². The van der Waals surface area contributed by atoms with Gasteiger partial charge in [0.25, 0.3) is 0 Å². The number of nitrogens with one attached hydrogen (secondary N) is 2. The van der Waals surface area contributed by atoms with Gasteiger partial charge >= 0.3 is 0 Å². The molecular weight excluding hydrogens is 444 g/mol. The number of carbonyl (C=O) groups excluding carboxylic acids is 1. The van der Waals surface area contributed by atoms with Gasteiger partial charge in [-0.25, -0.2) is 0 Å². The van der Waals surface area contributed by atoms with E-state index in [2.05, 4.69) is 34.5 Å². The fourth-order valence-corrected chi connectivity index (χ4v) is 4.60. The Morgan fingerprint density at radius 2 is 1.65 bits per heavy atom. The number of rotatable bonds is 7. The van der Waals surface area contributed by atoms with Gasteiger partial charge in [0.05, 0.1) is 0 Å². The first kappa shape index (κ1) is 24.0. The van der Waals surface area contributed by atoms with Crippen molar-refractivity contribution in [3.63, 3.8) is 0 Å². The molecule has 0 bridgehead atoms. The third-order valence-electron chi connectivity index (χ3n) is 6.29. The SMILES string of the molecule is CCC(=O)N(C(=N)c1ccccc1Nc1ccc(Cl)cc1)C1CCN(Cc2ccccc2)CC1. The van der Waals surface area contributed by atoms with Gasteiger partial charge in [0, 0.05) is 54.1 Å². The van der Waals surface area contributed by atoms with Crippen molar-refractivity contribution in [2.75, 3.05) is 18.4 Å². The Morgan fingerprint density at radius 3 is 2.32 bits per heavy atom. The Balaban J connectivity index is 1.49. The van der Waals surface area contributed by atoms with Crippen LogP contribution in [0.1, 0.15) is 37.3 Å². The number of likely N-dealkylation sites (tertiary alicyclic amines) is 1.